The maximum absolute atomic E-state index is 13.4. The Balaban J connectivity index is 1.55. The van der Waals surface area contributed by atoms with Gasteiger partial charge in [-0.15, -0.1) is 0 Å². The second-order valence-electron chi connectivity index (χ2n) is 7.86. The van der Waals surface area contributed by atoms with Gasteiger partial charge >= 0.3 is 0 Å². The summed E-state index contributed by atoms with van der Waals surface area (Å²) in [5.41, 5.74) is 2.74. The van der Waals surface area contributed by atoms with Gasteiger partial charge < -0.3 is 10.2 Å². The van der Waals surface area contributed by atoms with Crippen molar-refractivity contribution < 1.29 is 9.59 Å². The van der Waals surface area contributed by atoms with Gasteiger partial charge in [-0.2, -0.15) is 0 Å². The summed E-state index contributed by atoms with van der Waals surface area (Å²) in [6, 6.07) is 32.5. The Hall–Kier alpha value is -3.92. The molecule has 1 unspecified atom stereocenters. The van der Waals surface area contributed by atoms with Crippen LogP contribution >= 0.6 is 0 Å². The first-order valence-electron chi connectivity index (χ1n) is 10.7. The average Bonchev–Trinajstić information content (AvgIpc) is 2.84. The lowest BCUT2D eigenvalue weighted by atomic mass is 10.0. The molecule has 4 nitrogen and oxygen atoms in total. The fourth-order valence-corrected chi connectivity index (χ4v) is 3.93. The lowest BCUT2D eigenvalue weighted by molar-refractivity contribution is -0.127. The molecule has 0 aromatic heterocycles. The molecule has 4 aromatic carbocycles. The highest BCUT2D eigenvalue weighted by molar-refractivity contribution is 5.99. The largest absolute Gasteiger partial charge is 0.344 e. The van der Waals surface area contributed by atoms with Crippen molar-refractivity contribution in [3.8, 4) is 0 Å². The van der Waals surface area contributed by atoms with E-state index >= 15 is 0 Å². The van der Waals surface area contributed by atoms with Crippen molar-refractivity contribution in [2.75, 3.05) is 11.9 Å². The number of carbonyl (C=O) groups excluding carboxylic acids is 2. The highest BCUT2D eigenvalue weighted by atomic mass is 16.2. The standard InChI is InChI=1S/C28H26N2O2/c1-30(24-16-6-3-7-17-24)28(32)26(19-21-11-4-2-5-12-21)29-27(31)20-23-15-10-14-22-13-8-9-18-25(22)23/h2-18,26H,19-20H2,1H3,(H,29,31). The second kappa shape index (κ2) is 9.92. The Bertz CT molecular complexity index is 1200. The Labute approximate surface area is 188 Å². The molecular formula is C28H26N2O2. The Morgan fingerprint density at radius 2 is 1.41 bits per heavy atom. The van der Waals surface area contributed by atoms with E-state index in [1.54, 1.807) is 11.9 Å². The maximum Gasteiger partial charge on any atom is 0.249 e. The van der Waals surface area contributed by atoms with Crippen molar-refractivity contribution in [2.24, 2.45) is 0 Å². The third-order valence-electron chi connectivity index (χ3n) is 5.62. The van der Waals surface area contributed by atoms with Crippen LogP contribution in [-0.4, -0.2) is 24.9 Å². The zero-order valence-electron chi connectivity index (χ0n) is 18.1. The third kappa shape index (κ3) is 5.03. The molecule has 0 heterocycles. The fraction of sp³-hybridized carbons (Fsp3) is 0.143. The predicted molar refractivity (Wildman–Crippen MR) is 130 cm³/mol. The fourth-order valence-electron chi connectivity index (χ4n) is 3.93. The topological polar surface area (TPSA) is 49.4 Å². The number of para-hydroxylation sites is 1. The molecule has 0 aliphatic rings. The van der Waals surface area contributed by atoms with E-state index in [4.69, 9.17) is 0 Å². The van der Waals surface area contributed by atoms with E-state index in [0.717, 1.165) is 27.6 Å². The van der Waals surface area contributed by atoms with Crippen LogP contribution in [0.25, 0.3) is 10.8 Å². The minimum absolute atomic E-state index is 0.147. The lowest BCUT2D eigenvalue weighted by Crippen LogP contribution is -2.49. The van der Waals surface area contributed by atoms with Crippen LogP contribution in [-0.2, 0) is 22.4 Å². The molecule has 1 N–H and O–H groups in total. The van der Waals surface area contributed by atoms with Crippen molar-refractivity contribution in [1.29, 1.82) is 0 Å². The van der Waals surface area contributed by atoms with Crippen molar-refractivity contribution in [3.63, 3.8) is 0 Å². The number of hydrogen-bond donors (Lipinski definition) is 1. The van der Waals surface area contributed by atoms with Gasteiger partial charge in [0.1, 0.15) is 6.04 Å². The summed E-state index contributed by atoms with van der Waals surface area (Å²) in [4.78, 5) is 28.0. The summed E-state index contributed by atoms with van der Waals surface area (Å²) in [5, 5.41) is 5.15. The van der Waals surface area contributed by atoms with Crippen molar-refractivity contribution >= 4 is 28.3 Å². The molecular weight excluding hydrogens is 396 g/mol. The van der Waals surface area contributed by atoms with Gasteiger partial charge in [0.05, 0.1) is 6.42 Å². The summed E-state index contributed by atoms with van der Waals surface area (Å²) in [6.07, 6.45) is 0.646. The molecule has 0 aliphatic heterocycles. The van der Waals surface area contributed by atoms with E-state index in [9.17, 15) is 9.59 Å². The zero-order chi connectivity index (χ0) is 22.3. The van der Waals surface area contributed by atoms with Gasteiger partial charge in [-0.3, -0.25) is 9.59 Å². The van der Waals surface area contributed by atoms with Crippen LogP contribution in [0.15, 0.2) is 103 Å². The molecule has 0 aliphatic carbocycles. The number of anilines is 1. The van der Waals surface area contributed by atoms with Gasteiger partial charge in [0, 0.05) is 19.2 Å². The van der Waals surface area contributed by atoms with E-state index in [1.165, 1.54) is 0 Å². The van der Waals surface area contributed by atoms with E-state index in [-0.39, 0.29) is 18.2 Å². The molecule has 1 atom stereocenters. The molecule has 2 amide bonds. The first kappa shape index (κ1) is 21.3. The molecule has 4 aromatic rings. The molecule has 0 saturated carbocycles. The number of benzene rings is 4. The second-order valence-corrected chi connectivity index (χ2v) is 7.86. The van der Waals surface area contributed by atoms with Crippen LogP contribution in [0.5, 0.6) is 0 Å². The van der Waals surface area contributed by atoms with E-state index < -0.39 is 6.04 Å². The normalized spacial score (nSPS) is 11.7. The Morgan fingerprint density at radius 1 is 0.781 bits per heavy atom. The summed E-state index contributed by atoms with van der Waals surface area (Å²) < 4.78 is 0. The van der Waals surface area contributed by atoms with Crippen LogP contribution < -0.4 is 10.2 Å². The summed E-state index contributed by atoms with van der Waals surface area (Å²) in [5.74, 6) is -0.316. The number of hydrogen-bond acceptors (Lipinski definition) is 2. The number of nitrogens with zero attached hydrogens (tertiary/aromatic N) is 1. The van der Waals surface area contributed by atoms with Gasteiger partial charge in [-0.1, -0.05) is 91.0 Å². The molecule has 0 bridgehead atoms. The first-order chi connectivity index (χ1) is 15.6. The highest BCUT2D eigenvalue weighted by Gasteiger charge is 2.25. The number of rotatable bonds is 7. The van der Waals surface area contributed by atoms with Gasteiger partial charge in [0.25, 0.3) is 0 Å². The quantitative estimate of drug-likeness (QED) is 0.466. The molecule has 0 fully saturated rings. The van der Waals surface area contributed by atoms with Crippen LogP contribution in [0.4, 0.5) is 5.69 Å². The van der Waals surface area contributed by atoms with E-state index in [0.29, 0.717) is 6.42 Å². The average molecular weight is 423 g/mol. The lowest BCUT2D eigenvalue weighted by Gasteiger charge is -2.25. The van der Waals surface area contributed by atoms with Gasteiger partial charge in [-0.05, 0) is 34.0 Å². The number of carbonyl (C=O) groups is 2. The van der Waals surface area contributed by atoms with Crippen molar-refractivity contribution in [2.45, 2.75) is 18.9 Å². The first-order valence-corrected chi connectivity index (χ1v) is 10.7. The van der Waals surface area contributed by atoms with Crippen molar-refractivity contribution in [1.82, 2.24) is 5.32 Å². The molecule has 0 radical (unpaired) electrons. The molecule has 160 valence electrons. The van der Waals surface area contributed by atoms with E-state index in [1.807, 2.05) is 103 Å². The van der Waals surface area contributed by atoms with Gasteiger partial charge in [0.15, 0.2) is 0 Å². The van der Waals surface area contributed by atoms with Crippen LogP contribution in [0.1, 0.15) is 11.1 Å². The van der Waals surface area contributed by atoms with E-state index in [2.05, 4.69) is 5.32 Å². The Morgan fingerprint density at radius 3 is 2.16 bits per heavy atom. The molecule has 0 spiro atoms. The van der Waals surface area contributed by atoms with Crippen LogP contribution in [0, 0.1) is 0 Å². The minimum atomic E-state index is -0.662. The molecule has 4 rings (SSSR count). The smallest absolute Gasteiger partial charge is 0.249 e. The number of fused-ring (bicyclic) bond motifs is 1. The molecule has 0 saturated heterocycles. The number of amides is 2. The maximum atomic E-state index is 13.4. The van der Waals surface area contributed by atoms with Gasteiger partial charge in [-0.25, -0.2) is 0 Å². The third-order valence-corrected chi connectivity index (χ3v) is 5.62. The SMILES string of the molecule is CN(C(=O)C(Cc1ccccc1)NC(=O)Cc1cccc2ccccc12)c1ccccc1. The monoisotopic (exact) mass is 422 g/mol. The number of nitrogens with one attached hydrogen (secondary N) is 1. The molecule has 32 heavy (non-hydrogen) atoms. The van der Waals surface area contributed by atoms with Crippen LogP contribution in [0.3, 0.4) is 0 Å². The minimum Gasteiger partial charge on any atom is -0.344 e. The number of likely N-dealkylation sites (N-methyl/N-ethyl adjacent to an activating group) is 1. The van der Waals surface area contributed by atoms with Gasteiger partial charge in [0.2, 0.25) is 11.8 Å². The predicted octanol–water partition coefficient (Wildman–Crippen LogP) is 4.77. The van der Waals surface area contributed by atoms with Crippen molar-refractivity contribution in [3.05, 3.63) is 114 Å². The molecule has 4 heteroatoms. The zero-order valence-corrected chi connectivity index (χ0v) is 18.1. The Kier molecular flexibility index (Phi) is 6.61. The summed E-state index contributed by atoms with van der Waals surface area (Å²) in [6.45, 7) is 0. The van der Waals surface area contributed by atoms with Crippen LogP contribution in [0.2, 0.25) is 0 Å². The highest BCUT2D eigenvalue weighted by Crippen LogP contribution is 2.19. The summed E-state index contributed by atoms with van der Waals surface area (Å²) >= 11 is 0. The summed E-state index contributed by atoms with van der Waals surface area (Å²) in [7, 11) is 1.74.